The summed E-state index contributed by atoms with van der Waals surface area (Å²) >= 11 is 0. The molecule has 2 aromatic carbocycles. The van der Waals surface area contributed by atoms with Gasteiger partial charge in [0.15, 0.2) is 0 Å². The second-order valence-corrected chi connectivity index (χ2v) is 5.00. The first kappa shape index (κ1) is 13.6. The molecule has 1 aliphatic rings. The maximum atomic E-state index is 12.2. The van der Waals surface area contributed by atoms with E-state index in [1.807, 2.05) is 48.5 Å². The Bertz CT molecular complexity index is 623. The van der Waals surface area contributed by atoms with Gasteiger partial charge in [-0.1, -0.05) is 36.4 Å². The highest BCUT2D eigenvalue weighted by molar-refractivity contribution is 5.81. The highest BCUT2D eigenvalue weighted by Crippen LogP contribution is 2.42. The second-order valence-electron chi connectivity index (χ2n) is 5.00. The third kappa shape index (κ3) is 2.50. The van der Waals surface area contributed by atoms with E-state index < -0.39 is 6.10 Å². The minimum absolute atomic E-state index is 0.144. The van der Waals surface area contributed by atoms with Gasteiger partial charge in [0.05, 0.1) is 6.04 Å². The number of ether oxygens (including phenoxy) is 2. The number of methoxy groups -OCH3 is 1. The van der Waals surface area contributed by atoms with Crippen LogP contribution in [0, 0.1) is 0 Å². The number of benzene rings is 2. The van der Waals surface area contributed by atoms with Crippen LogP contribution in [-0.2, 0) is 9.53 Å². The number of hydrogen-bond donors (Lipinski definition) is 1. The Labute approximate surface area is 123 Å². The fraction of sp³-hybridized carbons (Fsp3) is 0.235. The molecule has 0 aliphatic carbocycles. The summed E-state index contributed by atoms with van der Waals surface area (Å²) in [6.07, 6.45) is -0.493. The molecule has 3 rings (SSSR count). The van der Waals surface area contributed by atoms with Gasteiger partial charge in [0.2, 0.25) is 5.91 Å². The van der Waals surface area contributed by atoms with Crippen molar-refractivity contribution >= 4 is 5.91 Å². The van der Waals surface area contributed by atoms with Crippen LogP contribution in [0.1, 0.15) is 24.1 Å². The summed E-state index contributed by atoms with van der Waals surface area (Å²) in [7, 11) is 1.52. The summed E-state index contributed by atoms with van der Waals surface area (Å²) in [5.41, 5.74) is 1.90. The number of carbonyl (C=O) groups excluding carboxylic acids is 1. The molecular weight excluding hydrogens is 266 g/mol. The van der Waals surface area contributed by atoms with Crippen molar-refractivity contribution in [2.45, 2.75) is 19.1 Å². The van der Waals surface area contributed by atoms with Gasteiger partial charge in [0.1, 0.15) is 17.6 Å². The first-order valence-corrected chi connectivity index (χ1v) is 6.89. The highest BCUT2D eigenvalue weighted by atomic mass is 16.5. The van der Waals surface area contributed by atoms with Gasteiger partial charge in [0, 0.05) is 18.2 Å². The standard InChI is InChI=1S/C17H17NO3/c1-11(20-2)17(19)18-16-12-7-3-5-9-14(12)21-15-10-6-4-8-13(15)16/h3-11,16H,1-2H3,(H,18,19)/t11-/m1/s1. The smallest absolute Gasteiger partial charge is 0.249 e. The van der Waals surface area contributed by atoms with Crippen molar-refractivity contribution in [3.63, 3.8) is 0 Å². The van der Waals surface area contributed by atoms with Crippen molar-refractivity contribution in [3.05, 3.63) is 59.7 Å². The van der Waals surface area contributed by atoms with Gasteiger partial charge in [-0.2, -0.15) is 0 Å². The average Bonchev–Trinajstić information content (AvgIpc) is 2.53. The lowest BCUT2D eigenvalue weighted by atomic mass is 9.94. The van der Waals surface area contributed by atoms with E-state index >= 15 is 0 Å². The van der Waals surface area contributed by atoms with Crippen LogP contribution >= 0.6 is 0 Å². The lowest BCUT2D eigenvalue weighted by Crippen LogP contribution is -2.38. The number of carbonyl (C=O) groups is 1. The first-order valence-electron chi connectivity index (χ1n) is 6.89. The summed E-state index contributed by atoms with van der Waals surface area (Å²) in [4.78, 5) is 12.2. The van der Waals surface area contributed by atoms with Crippen LogP contribution in [0.25, 0.3) is 0 Å². The summed E-state index contributed by atoms with van der Waals surface area (Å²) in [6, 6.07) is 15.2. The molecule has 0 aromatic heterocycles. The monoisotopic (exact) mass is 283 g/mol. The third-order valence-electron chi connectivity index (χ3n) is 3.69. The van der Waals surface area contributed by atoms with Gasteiger partial charge in [-0.3, -0.25) is 4.79 Å². The molecule has 0 spiro atoms. The second kappa shape index (κ2) is 5.58. The number of amides is 1. The Hall–Kier alpha value is -2.33. The van der Waals surface area contributed by atoms with E-state index in [4.69, 9.17) is 9.47 Å². The Kier molecular flexibility index (Phi) is 3.62. The maximum Gasteiger partial charge on any atom is 0.249 e. The van der Waals surface area contributed by atoms with Crippen molar-refractivity contribution in [2.24, 2.45) is 0 Å². The molecule has 0 bridgehead atoms. The fourth-order valence-corrected chi connectivity index (χ4v) is 2.43. The zero-order valence-electron chi connectivity index (χ0n) is 12.0. The number of para-hydroxylation sites is 2. The molecule has 0 unspecified atom stereocenters. The predicted molar refractivity (Wildman–Crippen MR) is 79.4 cm³/mol. The molecule has 4 heteroatoms. The van der Waals surface area contributed by atoms with E-state index in [9.17, 15) is 4.79 Å². The van der Waals surface area contributed by atoms with Gasteiger partial charge in [-0.15, -0.1) is 0 Å². The average molecular weight is 283 g/mol. The minimum Gasteiger partial charge on any atom is -0.457 e. The van der Waals surface area contributed by atoms with E-state index in [1.165, 1.54) is 7.11 Å². The van der Waals surface area contributed by atoms with E-state index in [2.05, 4.69) is 5.32 Å². The highest BCUT2D eigenvalue weighted by Gasteiger charge is 2.29. The van der Waals surface area contributed by atoms with Gasteiger partial charge in [-0.05, 0) is 19.1 Å². The lowest BCUT2D eigenvalue weighted by Gasteiger charge is -2.29. The SMILES string of the molecule is CO[C@H](C)C(=O)NC1c2ccccc2Oc2ccccc21. The summed E-state index contributed by atoms with van der Waals surface area (Å²) in [5, 5.41) is 3.04. The van der Waals surface area contributed by atoms with Crippen LogP contribution < -0.4 is 10.1 Å². The molecule has 2 aromatic rings. The molecule has 0 fully saturated rings. The molecule has 1 N–H and O–H groups in total. The number of rotatable bonds is 3. The van der Waals surface area contributed by atoms with Crippen LogP contribution in [0.2, 0.25) is 0 Å². The van der Waals surface area contributed by atoms with E-state index in [1.54, 1.807) is 6.92 Å². The van der Waals surface area contributed by atoms with Crippen molar-refractivity contribution in [3.8, 4) is 11.5 Å². The Morgan fingerprint density at radius 1 is 1.10 bits per heavy atom. The summed E-state index contributed by atoms with van der Waals surface area (Å²) in [6.45, 7) is 1.73. The van der Waals surface area contributed by atoms with Gasteiger partial charge in [-0.25, -0.2) is 0 Å². The van der Waals surface area contributed by atoms with E-state index in [0.29, 0.717) is 0 Å². The van der Waals surface area contributed by atoms with E-state index in [0.717, 1.165) is 22.6 Å². The summed E-state index contributed by atoms with van der Waals surface area (Å²) < 4.78 is 11.0. The maximum absolute atomic E-state index is 12.2. The quantitative estimate of drug-likeness (QED) is 0.942. The molecule has 1 atom stereocenters. The van der Waals surface area contributed by atoms with Crippen molar-refractivity contribution < 1.29 is 14.3 Å². The molecule has 0 radical (unpaired) electrons. The molecule has 1 heterocycles. The minimum atomic E-state index is -0.493. The zero-order valence-corrected chi connectivity index (χ0v) is 12.0. The summed E-state index contributed by atoms with van der Waals surface area (Å²) in [5.74, 6) is 1.40. The van der Waals surface area contributed by atoms with E-state index in [-0.39, 0.29) is 11.9 Å². The zero-order chi connectivity index (χ0) is 14.8. The molecule has 0 saturated heterocycles. The van der Waals surface area contributed by atoms with Crippen LogP contribution in [-0.4, -0.2) is 19.1 Å². The Morgan fingerprint density at radius 2 is 1.62 bits per heavy atom. The first-order chi connectivity index (χ1) is 10.2. The largest absolute Gasteiger partial charge is 0.457 e. The number of nitrogens with one attached hydrogen (secondary N) is 1. The van der Waals surface area contributed by atoms with Crippen LogP contribution in [0.4, 0.5) is 0 Å². The van der Waals surface area contributed by atoms with Crippen molar-refractivity contribution in [1.29, 1.82) is 0 Å². The molecule has 108 valence electrons. The Morgan fingerprint density at radius 3 is 2.14 bits per heavy atom. The van der Waals surface area contributed by atoms with Gasteiger partial charge in [0.25, 0.3) is 0 Å². The molecule has 21 heavy (non-hydrogen) atoms. The van der Waals surface area contributed by atoms with Crippen molar-refractivity contribution in [1.82, 2.24) is 5.32 Å². The van der Waals surface area contributed by atoms with Crippen LogP contribution in [0.15, 0.2) is 48.5 Å². The normalized spacial score (nSPS) is 14.6. The molecule has 0 saturated carbocycles. The van der Waals surface area contributed by atoms with Crippen molar-refractivity contribution in [2.75, 3.05) is 7.11 Å². The van der Waals surface area contributed by atoms with Gasteiger partial charge >= 0.3 is 0 Å². The van der Waals surface area contributed by atoms with Crippen LogP contribution in [0.3, 0.4) is 0 Å². The molecular formula is C17H17NO3. The fourth-order valence-electron chi connectivity index (χ4n) is 2.43. The lowest BCUT2D eigenvalue weighted by molar-refractivity contribution is -0.130. The number of hydrogen-bond acceptors (Lipinski definition) is 3. The van der Waals surface area contributed by atoms with Crippen LogP contribution in [0.5, 0.6) is 11.5 Å². The predicted octanol–water partition coefficient (Wildman–Crippen LogP) is 3.03. The molecule has 1 amide bonds. The topological polar surface area (TPSA) is 47.6 Å². The molecule has 4 nitrogen and oxygen atoms in total. The van der Waals surface area contributed by atoms with Gasteiger partial charge < -0.3 is 14.8 Å². The Balaban J connectivity index is 2.01. The third-order valence-corrected chi connectivity index (χ3v) is 3.69. The molecule has 1 aliphatic heterocycles. The number of fused-ring (bicyclic) bond motifs is 2.